The molecule has 0 aliphatic rings. The Kier molecular flexibility index (Phi) is 2.94. The van der Waals surface area contributed by atoms with Gasteiger partial charge in [0.2, 0.25) is 0 Å². The van der Waals surface area contributed by atoms with E-state index in [0.29, 0.717) is 0 Å². The molecule has 0 fully saturated rings. The van der Waals surface area contributed by atoms with Crippen molar-refractivity contribution in [3.8, 4) is 0 Å². The van der Waals surface area contributed by atoms with Crippen LogP contribution in [0, 0.1) is 5.41 Å². The average molecular weight is 179 g/mol. The Hall–Kier alpha value is -1.22. The van der Waals surface area contributed by atoms with Gasteiger partial charge in [-0.1, -0.05) is 6.07 Å². The fourth-order valence-electron chi connectivity index (χ4n) is 0.669. The van der Waals surface area contributed by atoms with Gasteiger partial charge in [-0.3, -0.25) is 4.79 Å². The molecule has 2 nitrogen and oxygen atoms in total. The Morgan fingerprint density at radius 1 is 1.67 bits per heavy atom. The normalized spacial score (nSPS) is 10.4. The number of carbonyl (C=O) groups is 1. The molecule has 0 saturated carbocycles. The van der Waals surface area contributed by atoms with E-state index in [1.165, 1.54) is 13.0 Å². The first kappa shape index (κ1) is 8.87. The highest BCUT2D eigenvalue weighted by Gasteiger charge is 1.96. The molecule has 12 heavy (non-hydrogen) atoms. The highest BCUT2D eigenvalue weighted by molar-refractivity contribution is 7.10. The molecule has 0 aliphatic heterocycles. The minimum absolute atomic E-state index is 0.0720. The zero-order chi connectivity index (χ0) is 8.97. The molecule has 0 atom stereocenters. The molecule has 0 radical (unpaired) electrons. The zero-order valence-electron chi connectivity index (χ0n) is 6.70. The molecule has 62 valence electrons. The second kappa shape index (κ2) is 3.97. The van der Waals surface area contributed by atoms with E-state index in [4.69, 9.17) is 5.41 Å². The molecule has 1 N–H and O–H groups in total. The first-order chi connectivity index (χ1) is 5.70. The molecule has 0 aromatic carbocycles. The molecule has 0 saturated heterocycles. The van der Waals surface area contributed by atoms with Crippen molar-refractivity contribution in [3.05, 3.63) is 28.5 Å². The van der Waals surface area contributed by atoms with Gasteiger partial charge < -0.3 is 5.41 Å². The number of allylic oxidation sites excluding steroid dienone is 1. The molecule has 1 aromatic heterocycles. The van der Waals surface area contributed by atoms with Gasteiger partial charge in [0.25, 0.3) is 0 Å². The lowest BCUT2D eigenvalue weighted by Gasteiger charge is -1.86. The summed E-state index contributed by atoms with van der Waals surface area (Å²) in [6.07, 6.45) is 3.15. The second-order valence-corrected chi connectivity index (χ2v) is 3.32. The van der Waals surface area contributed by atoms with Crippen molar-refractivity contribution in [3.63, 3.8) is 0 Å². The Morgan fingerprint density at radius 3 is 2.92 bits per heavy atom. The van der Waals surface area contributed by atoms with Crippen LogP contribution in [0.25, 0.3) is 6.08 Å². The van der Waals surface area contributed by atoms with Crippen LogP contribution in [-0.4, -0.2) is 11.5 Å². The lowest BCUT2D eigenvalue weighted by molar-refractivity contribution is -0.108. The van der Waals surface area contributed by atoms with Crippen LogP contribution in [0.5, 0.6) is 0 Å². The van der Waals surface area contributed by atoms with E-state index in [1.807, 2.05) is 17.5 Å². The van der Waals surface area contributed by atoms with Crippen LogP contribution in [0.1, 0.15) is 11.8 Å². The van der Waals surface area contributed by atoms with Crippen molar-refractivity contribution in [2.24, 2.45) is 0 Å². The number of rotatable bonds is 3. The first-order valence-corrected chi connectivity index (χ1v) is 4.39. The highest BCUT2D eigenvalue weighted by Crippen LogP contribution is 2.09. The molecule has 0 spiro atoms. The monoisotopic (exact) mass is 179 g/mol. The Bertz CT molecular complexity index is 311. The van der Waals surface area contributed by atoms with E-state index < -0.39 is 0 Å². The predicted octanol–water partition coefficient (Wildman–Crippen LogP) is 2.37. The fraction of sp³-hybridized carbons (Fsp3) is 0.111. The molecule has 0 amide bonds. The fourth-order valence-corrected chi connectivity index (χ4v) is 1.29. The van der Waals surface area contributed by atoms with Crippen molar-refractivity contribution in [1.29, 1.82) is 5.41 Å². The van der Waals surface area contributed by atoms with Gasteiger partial charge in [-0.15, -0.1) is 11.3 Å². The van der Waals surface area contributed by atoms with Crippen LogP contribution in [0.3, 0.4) is 0 Å². The van der Waals surface area contributed by atoms with Crippen molar-refractivity contribution < 1.29 is 4.79 Å². The smallest absolute Gasteiger partial charge is 0.199 e. The van der Waals surface area contributed by atoms with Gasteiger partial charge in [0.05, 0.1) is 5.71 Å². The highest BCUT2D eigenvalue weighted by atomic mass is 32.1. The van der Waals surface area contributed by atoms with Crippen LogP contribution in [-0.2, 0) is 4.79 Å². The van der Waals surface area contributed by atoms with Gasteiger partial charge in [-0.05, 0) is 30.5 Å². The van der Waals surface area contributed by atoms with Gasteiger partial charge in [-0.2, -0.15) is 0 Å². The van der Waals surface area contributed by atoms with E-state index in [0.717, 1.165) is 4.88 Å². The van der Waals surface area contributed by atoms with E-state index in [1.54, 1.807) is 17.4 Å². The van der Waals surface area contributed by atoms with Gasteiger partial charge in [0.15, 0.2) is 5.78 Å². The third-order valence-electron chi connectivity index (χ3n) is 1.31. The van der Waals surface area contributed by atoms with Gasteiger partial charge in [0.1, 0.15) is 0 Å². The number of hydrogen-bond donors (Lipinski definition) is 1. The van der Waals surface area contributed by atoms with E-state index in [9.17, 15) is 4.79 Å². The van der Waals surface area contributed by atoms with Crippen LogP contribution in [0.4, 0.5) is 0 Å². The summed E-state index contributed by atoms with van der Waals surface area (Å²) >= 11 is 1.57. The largest absolute Gasteiger partial charge is 0.302 e. The summed E-state index contributed by atoms with van der Waals surface area (Å²) in [5, 5.41) is 8.98. The van der Waals surface area contributed by atoms with Crippen LogP contribution >= 0.6 is 11.3 Å². The van der Waals surface area contributed by atoms with Crippen molar-refractivity contribution >= 4 is 28.9 Å². The van der Waals surface area contributed by atoms with E-state index >= 15 is 0 Å². The Balaban J connectivity index is 2.63. The van der Waals surface area contributed by atoms with Crippen molar-refractivity contribution in [2.45, 2.75) is 6.92 Å². The Morgan fingerprint density at radius 2 is 2.42 bits per heavy atom. The maximum Gasteiger partial charge on any atom is 0.199 e. The lowest BCUT2D eigenvalue weighted by atomic mass is 10.2. The Labute approximate surface area is 75.1 Å². The quantitative estimate of drug-likeness (QED) is 0.561. The van der Waals surface area contributed by atoms with Gasteiger partial charge in [-0.25, -0.2) is 0 Å². The number of nitrogens with one attached hydrogen (secondary N) is 1. The maximum atomic E-state index is 10.9. The van der Waals surface area contributed by atoms with Crippen LogP contribution < -0.4 is 0 Å². The summed E-state index contributed by atoms with van der Waals surface area (Å²) in [5.41, 5.74) is 0.0720. The number of carbonyl (C=O) groups excluding carboxylic acids is 1. The summed E-state index contributed by atoms with van der Waals surface area (Å²) in [4.78, 5) is 12.0. The molecular weight excluding hydrogens is 170 g/mol. The summed E-state index contributed by atoms with van der Waals surface area (Å²) in [7, 11) is 0. The number of thiophene rings is 1. The topological polar surface area (TPSA) is 40.9 Å². The van der Waals surface area contributed by atoms with Crippen molar-refractivity contribution in [2.75, 3.05) is 0 Å². The second-order valence-electron chi connectivity index (χ2n) is 2.34. The standard InChI is InChI=1S/C9H9NOS/c1-7(10)9(11)5-4-8-3-2-6-12-8/h2-6,10H,1H3/b5-4+,10-7?. The minimum Gasteiger partial charge on any atom is -0.302 e. The molecular formula is C9H9NOS. The zero-order valence-corrected chi connectivity index (χ0v) is 7.52. The summed E-state index contributed by atoms with van der Waals surface area (Å²) in [6, 6.07) is 3.85. The maximum absolute atomic E-state index is 10.9. The third-order valence-corrected chi connectivity index (χ3v) is 2.15. The number of hydrogen-bond acceptors (Lipinski definition) is 3. The summed E-state index contributed by atoms with van der Waals surface area (Å²) in [5.74, 6) is -0.233. The predicted molar refractivity (Wildman–Crippen MR) is 51.8 cm³/mol. The lowest BCUT2D eigenvalue weighted by Crippen LogP contribution is -2.03. The molecule has 0 aliphatic carbocycles. The summed E-state index contributed by atoms with van der Waals surface area (Å²) < 4.78 is 0. The molecule has 1 rings (SSSR count). The van der Waals surface area contributed by atoms with E-state index in [-0.39, 0.29) is 11.5 Å². The third kappa shape index (κ3) is 2.43. The summed E-state index contributed by atoms with van der Waals surface area (Å²) in [6.45, 7) is 1.49. The molecule has 1 heterocycles. The average Bonchev–Trinajstić information content (AvgIpc) is 2.51. The molecule has 1 aromatic rings. The molecule has 0 unspecified atom stereocenters. The van der Waals surface area contributed by atoms with Crippen LogP contribution in [0.15, 0.2) is 23.6 Å². The molecule has 0 bridgehead atoms. The van der Waals surface area contributed by atoms with Crippen molar-refractivity contribution in [1.82, 2.24) is 0 Å². The van der Waals surface area contributed by atoms with Crippen LogP contribution in [0.2, 0.25) is 0 Å². The molecule has 3 heteroatoms. The van der Waals surface area contributed by atoms with E-state index in [2.05, 4.69) is 0 Å². The number of ketones is 1. The van der Waals surface area contributed by atoms with Gasteiger partial charge in [0, 0.05) is 4.88 Å². The SMILES string of the molecule is CC(=N)C(=O)/C=C/c1cccs1. The van der Waals surface area contributed by atoms with Gasteiger partial charge >= 0.3 is 0 Å². The first-order valence-electron chi connectivity index (χ1n) is 3.51. The minimum atomic E-state index is -0.233.